The Bertz CT molecular complexity index is 1520. The number of hydrogen-bond donors (Lipinski definition) is 1. The van der Waals surface area contributed by atoms with Crippen molar-refractivity contribution in [3.8, 4) is 21.9 Å². The van der Waals surface area contributed by atoms with Crippen LogP contribution < -0.4 is 15.0 Å². The zero-order valence-electron chi connectivity index (χ0n) is 24.2. The number of aromatic amines is 1. The van der Waals surface area contributed by atoms with Gasteiger partial charge in [0.15, 0.2) is 11.5 Å². The average molecular weight is 563 g/mol. The maximum atomic E-state index is 14.1. The molecule has 1 fully saturated rings. The molecular formula is C31H38N4O4S. The van der Waals surface area contributed by atoms with Crippen LogP contribution in [0, 0.1) is 26.7 Å². The van der Waals surface area contributed by atoms with E-state index in [0.29, 0.717) is 35.9 Å². The molecule has 1 aliphatic carbocycles. The van der Waals surface area contributed by atoms with Crippen molar-refractivity contribution in [2.24, 2.45) is 5.92 Å². The molecule has 1 unspecified atom stereocenters. The van der Waals surface area contributed by atoms with Crippen molar-refractivity contribution >= 4 is 17.2 Å². The molecule has 9 heteroatoms. The van der Waals surface area contributed by atoms with Crippen LogP contribution in [0.4, 0.5) is 0 Å². The third-order valence-electron chi connectivity index (χ3n) is 9.18. The van der Waals surface area contributed by atoms with Gasteiger partial charge in [0.05, 0.1) is 22.5 Å². The number of nitrogens with one attached hydrogen (secondary N) is 1. The summed E-state index contributed by atoms with van der Waals surface area (Å²) in [5.41, 5.74) is 7.42. The number of amides is 1. The minimum atomic E-state index is -0.789. The van der Waals surface area contributed by atoms with Crippen molar-refractivity contribution in [1.82, 2.24) is 19.8 Å². The first-order chi connectivity index (χ1) is 19.1. The van der Waals surface area contributed by atoms with Crippen LogP contribution in [-0.4, -0.2) is 58.1 Å². The molecule has 0 bridgehead atoms. The van der Waals surface area contributed by atoms with Gasteiger partial charge in [-0.25, -0.2) is 0 Å². The number of hydrogen-bond acceptors (Lipinski definition) is 7. The van der Waals surface area contributed by atoms with Gasteiger partial charge in [-0.2, -0.15) is 0 Å². The first-order valence-electron chi connectivity index (χ1n) is 14.2. The van der Waals surface area contributed by atoms with Crippen molar-refractivity contribution in [2.75, 3.05) is 20.6 Å². The smallest absolute Gasteiger partial charge is 0.254 e. The number of carbonyl (C=O) groups excluding carboxylic acids is 1. The van der Waals surface area contributed by atoms with Gasteiger partial charge in [-0.3, -0.25) is 14.6 Å². The molecular weight excluding hydrogens is 524 g/mol. The summed E-state index contributed by atoms with van der Waals surface area (Å²) in [6, 6.07) is 2.54. The van der Waals surface area contributed by atoms with Crippen LogP contribution in [0.2, 0.25) is 0 Å². The minimum absolute atomic E-state index is 0.0737. The predicted octanol–water partition coefficient (Wildman–Crippen LogP) is 5.23. The number of H-pyrrole nitrogens is 1. The van der Waals surface area contributed by atoms with E-state index in [1.807, 2.05) is 38.5 Å². The van der Waals surface area contributed by atoms with Gasteiger partial charge in [0.2, 0.25) is 0 Å². The summed E-state index contributed by atoms with van der Waals surface area (Å²) in [5.74, 6) is 0.799. The lowest BCUT2D eigenvalue weighted by Gasteiger charge is -2.39. The maximum absolute atomic E-state index is 14.1. The molecule has 1 saturated carbocycles. The lowest BCUT2D eigenvalue weighted by atomic mass is 9.81. The molecule has 1 N–H and O–H groups in total. The van der Waals surface area contributed by atoms with Crippen LogP contribution in [0.3, 0.4) is 0 Å². The van der Waals surface area contributed by atoms with Gasteiger partial charge < -0.3 is 24.3 Å². The molecule has 2 aliphatic heterocycles. The Labute approximate surface area is 239 Å². The van der Waals surface area contributed by atoms with E-state index in [9.17, 15) is 9.59 Å². The largest absolute Gasteiger partial charge is 0.448 e. The number of pyridine rings is 1. The molecule has 1 aromatic carbocycles. The molecule has 212 valence electrons. The van der Waals surface area contributed by atoms with Gasteiger partial charge in [0, 0.05) is 54.0 Å². The topological polar surface area (TPSA) is 87.8 Å². The number of ether oxygens (including phenoxy) is 2. The molecule has 3 aliphatic rings. The van der Waals surface area contributed by atoms with E-state index in [1.165, 1.54) is 0 Å². The molecule has 2 aromatic heterocycles. The average Bonchev–Trinajstić information content (AvgIpc) is 3.56. The summed E-state index contributed by atoms with van der Waals surface area (Å²) in [5, 5.41) is 0. The third-order valence-corrected chi connectivity index (χ3v) is 9.98. The number of nitrogens with zero attached hydrogens (tertiary/aromatic N) is 3. The highest BCUT2D eigenvalue weighted by molar-refractivity contribution is 7.13. The van der Waals surface area contributed by atoms with Crippen LogP contribution >= 0.6 is 11.3 Å². The van der Waals surface area contributed by atoms with E-state index in [1.54, 1.807) is 16.2 Å². The predicted molar refractivity (Wildman–Crippen MR) is 156 cm³/mol. The number of thiazole rings is 1. The number of aryl methyl sites for hydroxylation is 2. The van der Waals surface area contributed by atoms with Gasteiger partial charge in [-0.1, -0.05) is 0 Å². The molecule has 3 aromatic rings. The summed E-state index contributed by atoms with van der Waals surface area (Å²) < 4.78 is 13.5. The van der Waals surface area contributed by atoms with Crippen molar-refractivity contribution in [3.63, 3.8) is 0 Å². The standard InChI is InChI=1S/C31H38N4O4S/c1-17-13-18(2)33-29(36)23(17)15-35-12-11-22-25(30(35)37)19(3)27-28(26(22)24-14-32-16-40-24)39-31(4,38-27)20-7-9-21(10-8-20)34(5)6/h13-14,16,20-21H,7-12,15H2,1-6H3,(H,33,36). The lowest BCUT2D eigenvalue weighted by Crippen LogP contribution is -2.46. The second-order valence-corrected chi connectivity index (χ2v) is 12.9. The number of fused-ring (bicyclic) bond motifs is 2. The Morgan fingerprint density at radius 2 is 1.82 bits per heavy atom. The summed E-state index contributed by atoms with van der Waals surface area (Å²) in [4.78, 5) is 39.2. The molecule has 1 atom stereocenters. The van der Waals surface area contributed by atoms with Gasteiger partial charge in [-0.15, -0.1) is 11.3 Å². The van der Waals surface area contributed by atoms with E-state index in [0.717, 1.165) is 64.3 Å². The second-order valence-electron chi connectivity index (χ2n) is 12.0. The van der Waals surface area contributed by atoms with E-state index in [-0.39, 0.29) is 23.9 Å². The third kappa shape index (κ3) is 4.43. The van der Waals surface area contributed by atoms with E-state index >= 15 is 0 Å². The lowest BCUT2D eigenvalue weighted by molar-refractivity contribution is -0.123. The molecule has 4 heterocycles. The van der Waals surface area contributed by atoms with Crippen LogP contribution in [-0.2, 0) is 13.0 Å². The Balaban J connectivity index is 1.38. The van der Waals surface area contributed by atoms with Gasteiger partial charge in [0.25, 0.3) is 17.3 Å². The van der Waals surface area contributed by atoms with E-state index < -0.39 is 5.79 Å². The second kappa shape index (κ2) is 10.0. The van der Waals surface area contributed by atoms with Crippen LogP contribution in [0.5, 0.6) is 11.5 Å². The Morgan fingerprint density at radius 1 is 1.10 bits per heavy atom. The SMILES string of the molecule is Cc1cc(C)c(CN2CCc3c(c(C)c4c(c3-c3cncs3)OC(C)(C3CCC(N(C)C)CC3)O4)C2=O)c(=O)[nH]1. The normalized spacial score (nSPS) is 24.1. The fourth-order valence-electron chi connectivity index (χ4n) is 6.88. The monoisotopic (exact) mass is 562 g/mol. The van der Waals surface area contributed by atoms with Crippen LogP contribution in [0.25, 0.3) is 10.4 Å². The molecule has 8 nitrogen and oxygen atoms in total. The van der Waals surface area contributed by atoms with Crippen LogP contribution in [0.1, 0.15) is 70.9 Å². The fraction of sp³-hybridized carbons (Fsp3) is 0.516. The van der Waals surface area contributed by atoms with Gasteiger partial charge in [0.1, 0.15) is 0 Å². The molecule has 40 heavy (non-hydrogen) atoms. The van der Waals surface area contributed by atoms with E-state index in [4.69, 9.17) is 9.47 Å². The molecule has 1 amide bonds. The summed E-state index contributed by atoms with van der Waals surface area (Å²) in [6.07, 6.45) is 6.79. The Hall–Kier alpha value is -3.17. The highest BCUT2D eigenvalue weighted by Crippen LogP contribution is 2.55. The van der Waals surface area contributed by atoms with Crippen molar-refractivity contribution < 1.29 is 14.3 Å². The fourth-order valence-corrected chi connectivity index (χ4v) is 7.57. The molecule has 0 radical (unpaired) electrons. The zero-order valence-corrected chi connectivity index (χ0v) is 25.0. The first kappa shape index (κ1) is 27.0. The summed E-state index contributed by atoms with van der Waals surface area (Å²) in [6.45, 7) is 8.62. The maximum Gasteiger partial charge on any atom is 0.254 e. The zero-order chi connectivity index (χ0) is 28.3. The summed E-state index contributed by atoms with van der Waals surface area (Å²) >= 11 is 1.55. The van der Waals surface area contributed by atoms with Crippen LogP contribution in [0.15, 0.2) is 22.6 Å². The summed E-state index contributed by atoms with van der Waals surface area (Å²) in [7, 11) is 4.30. The number of carbonyl (C=O) groups is 1. The quantitative estimate of drug-likeness (QED) is 0.458. The van der Waals surface area contributed by atoms with Crippen molar-refractivity contribution in [3.05, 3.63) is 61.6 Å². The van der Waals surface area contributed by atoms with Gasteiger partial charge in [-0.05, 0) is 84.2 Å². The Kier molecular flexibility index (Phi) is 6.78. The first-order valence-corrected chi connectivity index (χ1v) is 15.1. The Morgan fingerprint density at radius 3 is 2.48 bits per heavy atom. The van der Waals surface area contributed by atoms with Gasteiger partial charge >= 0.3 is 0 Å². The highest BCUT2D eigenvalue weighted by atomic mass is 32.1. The molecule has 0 saturated heterocycles. The minimum Gasteiger partial charge on any atom is -0.448 e. The van der Waals surface area contributed by atoms with Crippen molar-refractivity contribution in [1.29, 1.82) is 0 Å². The highest BCUT2D eigenvalue weighted by Gasteiger charge is 2.49. The molecule has 6 rings (SSSR count). The number of benzene rings is 1. The number of rotatable bonds is 5. The molecule has 0 spiro atoms. The van der Waals surface area contributed by atoms with Crippen molar-refractivity contribution in [2.45, 2.75) is 78.2 Å². The van der Waals surface area contributed by atoms with E-state index in [2.05, 4.69) is 35.9 Å². The number of aromatic nitrogens is 2.